The third-order valence-electron chi connectivity index (χ3n) is 9.61. The van der Waals surface area contributed by atoms with Crippen LogP contribution in [0.3, 0.4) is 0 Å². The van der Waals surface area contributed by atoms with Crippen LogP contribution >= 0.6 is 0 Å². The molecule has 1 amide bonds. The van der Waals surface area contributed by atoms with Crippen molar-refractivity contribution < 1.29 is 44.2 Å². The molecule has 0 radical (unpaired) electrons. The number of nitrogens with zero attached hydrogens (tertiary/aromatic N) is 2. The number of amides is 1. The third kappa shape index (κ3) is 11.8. The number of aliphatic hydroxyl groups excluding tert-OH is 2. The number of piperazine rings is 1. The van der Waals surface area contributed by atoms with Gasteiger partial charge in [-0.25, -0.2) is 4.79 Å². The first-order valence-electron chi connectivity index (χ1n) is 17.1. The maximum atomic E-state index is 13.2. The van der Waals surface area contributed by atoms with Gasteiger partial charge in [0.25, 0.3) is 0 Å². The standard InChI is InChI=1S/C36H58N2O9/c1-8-17-37-18-20-38(21-19-37)34(42)46-30-13-12-25(4)32(47-31(41)22-27(39)14-16-36(30,7)44)24(3)11-10-15-35(6,43)23-29-33(45-29)26(5)28(40)9-2/h8,10-13,15,25-30,32-33,39-40,43-44H,1,9,14,16-23H2,2-7H3. The highest BCUT2D eigenvalue weighted by molar-refractivity contribution is 5.70. The Hall–Kier alpha value is -2.54. The van der Waals surface area contributed by atoms with E-state index >= 15 is 0 Å². The number of allylic oxidation sites excluding steroid dienone is 2. The molecule has 4 N–H and O–H groups in total. The minimum Gasteiger partial charge on any atom is -0.457 e. The van der Waals surface area contributed by atoms with Crippen molar-refractivity contribution in [2.75, 3.05) is 32.7 Å². The Morgan fingerprint density at radius 2 is 1.96 bits per heavy atom. The zero-order valence-electron chi connectivity index (χ0n) is 29.1. The van der Waals surface area contributed by atoms with E-state index in [2.05, 4.69) is 11.5 Å². The molecule has 3 heterocycles. The number of rotatable bonds is 11. The van der Waals surface area contributed by atoms with Crippen molar-refractivity contribution in [2.45, 2.75) is 121 Å². The monoisotopic (exact) mass is 662 g/mol. The van der Waals surface area contributed by atoms with E-state index in [1.54, 1.807) is 49.1 Å². The lowest BCUT2D eigenvalue weighted by Gasteiger charge is -2.37. The van der Waals surface area contributed by atoms with Crippen molar-refractivity contribution in [1.82, 2.24) is 9.80 Å². The fourth-order valence-corrected chi connectivity index (χ4v) is 6.28. The Balaban J connectivity index is 1.73. The molecule has 0 bridgehead atoms. The normalized spacial score (nSPS) is 34.0. The van der Waals surface area contributed by atoms with Crippen LogP contribution in [0.4, 0.5) is 4.79 Å². The number of ether oxygens (including phenoxy) is 3. The summed E-state index contributed by atoms with van der Waals surface area (Å²) in [5.74, 6) is -0.960. The van der Waals surface area contributed by atoms with Crippen LogP contribution in [0.2, 0.25) is 0 Å². The molecular weight excluding hydrogens is 604 g/mol. The van der Waals surface area contributed by atoms with E-state index in [4.69, 9.17) is 14.2 Å². The summed E-state index contributed by atoms with van der Waals surface area (Å²) in [7, 11) is 0. The predicted octanol–water partition coefficient (Wildman–Crippen LogP) is 3.51. The van der Waals surface area contributed by atoms with Crippen LogP contribution in [0.1, 0.15) is 73.6 Å². The molecule has 47 heavy (non-hydrogen) atoms. The van der Waals surface area contributed by atoms with Crippen molar-refractivity contribution in [3.8, 4) is 0 Å². The van der Waals surface area contributed by atoms with Gasteiger partial charge in [0.1, 0.15) is 11.7 Å². The van der Waals surface area contributed by atoms with Crippen molar-refractivity contribution >= 4 is 12.1 Å². The number of epoxide rings is 1. The summed E-state index contributed by atoms with van der Waals surface area (Å²) in [6, 6.07) is 0. The largest absolute Gasteiger partial charge is 0.457 e. The van der Waals surface area contributed by atoms with Gasteiger partial charge in [0, 0.05) is 51.0 Å². The second-order valence-electron chi connectivity index (χ2n) is 14.1. The molecule has 10 atom stereocenters. The summed E-state index contributed by atoms with van der Waals surface area (Å²) in [4.78, 5) is 29.8. The maximum absolute atomic E-state index is 13.2. The Bertz CT molecular complexity index is 1140. The molecule has 3 rings (SSSR count). The Morgan fingerprint density at radius 3 is 2.60 bits per heavy atom. The molecule has 3 aliphatic heterocycles. The lowest BCUT2D eigenvalue weighted by Crippen LogP contribution is -2.51. The van der Waals surface area contributed by atoms with E-state index in [0.717, 1.165) is 6.54 Å². The molecule has 10 unspecified atom stereocenters. The highest BCUT2D eigenvalue weighted by atomic mass is 16.6. The molecule has 0 aromatic carbocycles. The average Bonchev–Trinajstić information content (AvgIpc) is 3.77. The fraction of sp³-hybridized carbons (Fsp3) is 0.722. The van der Waals surface area contributed by atoms with Crippen LogP contribution < -0.4 is 0 Å². The van der Waals surface area contributed by atoms with Crippen molar-refractivity contribution in [2.24, 2.45) is 11.8 Å². The Kier molecular flexibility index (Phi) is 14.3. The predicted molar refractivity (Wildman–Crippen MR) is 179 cm³/mol. The molecule has 0 saturated carbocycles. The fourth-order valence-electron chi connectivity index (χ4n) is 6.28. The minimum absolute atomic E-state index is 0.0132. The number of aliphatic hydroxyl groups is 4. The lowest BCUT2D eigenvalue weighted by molar-refractivity contribution is -0.151. The highest BCUT2D eigenvalue weighted by Gasteiger charge is 2.47. The van der Waals surface area contributed by atoms with Gasteiger partial charge in [-0.05, 0) is 51.7 Å². The molecule has 2 saturated heterocycles. The first kappa shape index (κ1) is 38.9. The molecule has 11 nitrogen and oxygen atoms in total. The third-order valence-corrected chi connectivity index (χ3v) is 9.61. The number of carbonyl (C=O) groups excluding carboxylic acids is 2. The minimum atomic E-state index is -1.49. The van der Waals surface area contributed by atoms with Crippen LogP contribution in [0, 0.1) is 11.8 Å². The van der Waals surface area contributed by atoms with Crippen LogP contribution in [-0.4, -0.2) is 123 Å². The van der Waals surface area contributed by atoms with Gasteiger partial charge in [0.2, 0.25) is 0 Å². The first-order valence-corrected chi connectivity index (χ1v) is 17.1. The molecule has 3 aliphatic rings. The van der Waals surface area contributed by atoms with Gasteiger partial charge in [-0.1, -0.05) is 51.2 Å². The van der Waals surface area contributed by atoms with Gasteiger partial charge in [-0.15, -0.1) is 6.58 Å². The van der Waals surface area contributed by atoms with E-state index in [0.29, 0.717) is 44.6 Å². The molecule has 0 aliphatic carbocycles. The van der Waals surface area contributed by atoms with Gasteiger partial charge in [0.15, 0.2) is 6.10 Å². The van der Waals surface area contributed by atoms with Gasteiger partial charge in [0.05, 0.1) is 36.4 Å². The molecule has 266 valence electrons. The molecular formula is C36H58N2O9. The van der Waals surface area contributed by atoms with E-state index in [9.17, 15) is 30.0 Å². The number of carbonyl (C=O) groups is 2. The number of hydrogen-bond acceptors (Lipinski definition) is 10. The quantitative estimate of drug-likeness (QED) is 0.112. The number of hydrogen-bond donors (Lipinski definition) is 4. The maximum Gasteiger partial charge on any atom is 0.410 e. The lowest BCUT2D eigenvalue weighted by atomic mass is 9.88. The highest BCUT2D eigenvalue weighted by Crippen LogP contribution is 2.37. The second kappa shape index (κ2) is 17.2. The van der Waals surface area contributed by atoms with Crippen LogP contribution in [0.15, 0.2) is 48.6 Å². The van der Waals surface area contributed by atoms with Crippen LogP contribution in [0.5, 0.6) is 0 Å². The van der Waals surface area contributed by atoms with Gasteiger partial charge < -0.3 is 39.5 Å². The Labute approximate surface area is 280 Å². The molecule has 0 aromatic rings. The summed E-state index contributed by atoms with van der Waals surface area (Å²) in [5.41, 5.74) is -1.95. The number of cyclic esters (lactones) is 1. The molecule has 11 heteroatoms. The second-order valence-corrected chi connectivity index (χ2v) is 14.1. The summed E-state index contributed by atoms with van der Waals surface area (Å²) in [5, 5.41) is 43.1. The zero-order chi connectivity index (χ0) is 34.9. The van der Waals surface area contributed by atoms with E-state index < -0.39 is 47.7 Å². The van der Waals surface area contributed by atoms with E-state index in [1.165, 1.54) is 0 Å². The molecule has 2 fully saturated rings. The summed E-state index contributed by atoms with van der Waals surface area (Å²) in [6.07, 6.45) is 7.45. The molecule has 0 aromatic heterocycles. The SMILES string of the molecule is C=CCN1CCN(C(=O)OC2C=CC(C)C(C(C)=CC=CC(C)(O)CC3OC3C(C)C(O)CC)OC(=O)CC(O)CCC2(C)O)CC1. The zero-order valence-corrected chi connectivity index (χ0v) is 29.1. The topological polar surface area (TPSA) is 153 Å². The van der Waals surface area contributed by atoms with Gasteiger partial charge in [-0.2, -0.15) is 0 Å². The van der Waals surface area contributed by atoms with Crippen molar-refractivity contribution in [3.63, 3.8) is 0 Å². The van der Waals surface area contributed by atoms with E-state index in [-0.39, 0.29) is 43.3 Å². The molecule has 0 spiro atoms. The smallest absolute Gasteiger partial charge is 0.410 e. The van der Waals surface area contributed by atoms with Crippen molar-refractivity contribution in [1.29, 1.82) is 0 Å². The average molecular weight is 663 g/mol. The summed E-state index contributed by atoms with van der Waals surface area (Å²) < 4.78 is 17.5. The van der Waals surface area contributed by atoms with E-state index in [1.807, 2.05) is 33.8 Å². The van der Waals surface area contributed by atoms with Crippen LogP contribution in [-0.2, 0) is 19.0 Å². The number of esters is 1. The first-order chi connectivity index (χ1) is 22.1. The Morgan fingerprint density at radius 1 is 1.28 bits per heavy atom. The summed E-state index contributed by atoms with van der Waals surface area (Å²) in [6.45, 7) is 17.7. The van der Waals surface area contributed by atoms with Gasteiger partial charge >= 0.3 is 12.1 Å². The van der Waals surface area contributed by atoms with Crippen LogP contribution in [0.25, 0.3) is 0 Å². The summed E-state index contributed by atoms with van der Waals surface area (Å²) >= 11 is 0. The van der Waals surface area contributed by atoms with Gasteiger partial charge in [-0.3, -0.25) is 9.69 Å². The van der Waals surface area contributed by atoms with Crippen molar-refractivity contribution in [3.05, 3.63) is 48.6 Å².